The molecule has 0 aliphatic carbocycles. The summed E-state index contributed by atoms with van der Waals surface area (Å²) in [5, 5.41) is 0. The Labute approximate surface area is 173 Å². The molecule has 0 aromatic heterocycles. The summed E-state index contributed by atoms with van der Waals surface area (Å²) < 4.78 is 33.8. The Hall–Kier alpha value is -1.35. The molecule has 2 aromatic rings. The molecule has 0 saturated carbocycles. The summed E-state index contributed by atoms with van der Waals surface area (Å²) in [6.45, 7) is 1.88. The first-order chi connectivity index (χ1) is 12.9. The van der Waals surface area contributed by atoms with Gasteiger partial charge < -0.3 is 4.74 Å². The molecule has 146 valence electrons. The molecule has 1 N–H and O–H groups in total. The van der Waals surface area contributed by atoms with E-state index < -0.39 is 22.0 Å². The van der Waals surface area contributed by atoms with Crippen LogP contribution in [0.2, 0.25) is 0 Å². The van der Waals surface area contributed by atoms with Crippen molar-refractivity contribution in [3.8, 4) is 0 Å². The highest BCUT2D eigenvalue weighted by atomic mass is 79.9. The number of hydrogen-bond donors (Lipinski definition) is 1. The van der Waals surface area contributed by atoms with Crippen molar-refractivity contribution in [3.63, 3.8) is 0 Å². The molecule has 0 saturated heterocycles. The fourth-order valence-electron chi connectivity index (χ4n) is 2.50. The number of methoxy groups -OCH3 is 1. The number of carbonyl (C=O) groups is 1. The van der Waals surface area contributed by atoms with Crippen LogP contribution in [-0.2, 0) is 31.7 Å². The molecule has 0 amide bonds. The zero-order valence-corrected chi connectivity index (χ0v) is 18.4. The van der Waals surface area contributed by atoms with Crippen molar-refractivity contribution in [2.45, 2.75) is 30.0 Å². The average Bonchev–Trinajstić information content (AvgIpc) is 2.67. The van der Waals surface area contributed by atoms with Gasteiger partial charge in [0, 0.05) is 16.0 Å². The van der Waals surface area contributed by atoms with E-state index in [1.807, 2.05) is 37.3 Å². The van der Waals surface area contributed by atoms with E-state index in [0.29, 0.717) is 17.7 Å². The van der Waals surface area contributed by atoms with Gasteiger partial charge in [-0.25, -0.2) is 8.42 Å². The van der Waals surface area contributed by atoms with Crippen molar-refractivity contribution in [1.29, 1.82) is 0 Å². The minimum absolute atomic E-state index is 0.176. The zero-order valence-electron chi connectivity index (χ0n) is 15.1. The molecule has 2 rings (SSSR count). The van der Waals surface area contributed by atoms with Crippen LogP contribution in [-0.4, -0.2) is 33.3 Å². The molecule has 27 heavy (non-hydrogen) atoms. The van der Waals surface area contributed by atoms with Crippen LogP contribution in [0.4, 0.5) is 0 Å². The van der Waals surface area contributed by atoms with E-state index in [0.717, 1.165) is 10.0 Å². The predicted octanol–water partition coefficient (Wildman–Crippen LogP) is 3.76. The molecule has 0 spiro atoms. The minimum atomic E-state index is -3.85. The van der Waals surface area contributed by atoms with Crippen LogP contribution in [0, 0.1) is 0 Å². The lowest BCUT2D eigenvalue weighted by Gasteiger charge is -2.18. The first-order valence-electron chi connectivity index (χ1n) is 8.37. The standard InChI is InChI=1S/C19H22BrNO4S2/c1-3-15-11-16(20)9-10-18(15)27(23,24)21-17(19(22)25-2)13-26-12-14-7-5-4-6-8-14/h4-11,17,21H,3,12-13H2,1-2H3. The monoisotopic (exact) mass is 471 g/mol. The second-order valence-corrected chi connectivity index (χ2v) is 9.43. The Morgan fingerprint density at radius 3 is 2.56 bits per heavy atom. The van der Waals surface area contributed by atoms with Gasteiger partial charge in [-0.1, -0.05) is 53.2 Å². The molecule has 2 aromatic carbocycles. The summed E-state index contributed by atoms with van der Waals surface area (Å²) >= 11 is 4.82. The first-order valence-corrected chi connectivity index (χ1v) is 11.8. The third-order valence-corrected chi connectivity index (χ3v) is 7.04. The van der Waals surface area contributed by atoms with Gasteiger partial charge in [0.1, 0.15) is 6.04 Å². The number of halogens is 1. The Balaban J connectivity index is 2.13. The number of nitrogens with one attached hydrogen (secondary N) is 1. The number of thioether (sulfide) groups is 1. The van der Waals surface area contributed by atoms with Crippen LogP contribution >= 0.6 is 27.7 Å². The van der Waals surface area contributed by atoms with Gasteiger partial charge in [-0.3, -0.25) is 4.79 Å². The van der Waals surface area contributed by atoms with Crippen LogP contribution < -0.4 is 4.72 Å². The Morgan fingerprint density at radius 2 is 1.93 bits per heavy atom. The lowest BCUT2D eigenvalue weighted by molar-refractivity contribution is -0.141. The molecule has 8 heteroatoms. The Bertz CT molecular complexity index is 873. The number of hydrogen-bond acceptors (Lipinski definition) is 5. The summed E-state index contributed by atoms with van der Waals surface area (Å²) in [6.07, 6.45) is 0.557. The number of aryl methyl sites for hydroxylation is 1. The number of carbonyl (C=O) groups excluding carboxylic acids is 1. The maximum absolute atomic E-state index is 12.8. The molecule has 0 aliphatic rings. The number of benzene rings is 2. The summed E-state index contributed by atoms with van der Waals surface area (Å²) in [7, 11) is -2.60. The molecule has 0 aliphatic heterocycles. The number of esters is 1. The van der Waals surface area contributed by atoms with Crippen molar-refractivity contribution in [2.24, 2.45) is 0 Å². The van der Waals surface area contributed by atoms with Crippen molar-refractivity contribution < 1.29 is 17.9 Å². The van der Waals surface area contributed by atoms with E-state index in [2.05, 4.69) is 20.7 Å². The first kappa shape index (κ1) is 21.9. The lowest BCUT2D eigenvalue weighted by Crippen LogP contribution is -2.43. The van der Waals surface area contributed by atoms with E-state index in [9.17, 15) is 13.2 Å². The molecule has 0 heterocycles. The summed E-state index contributed by atoms with van der Waals surface area (Å²) in [5.41, 5.74) is 1.78. The van der Waals surface area contributed by atoms with Crippen molar-refractivity contribution >= 4 is 43.7 Å². The van der Waals surface area contributed by atoms with Crippen LogP contribution in [0.5, 0.6) is 0 Å². The quantitative estimate of drug-likeness (QED) is 0.563. The number of rotatable bonds is 9. The van der Waals surface area contributed by atoms with Crippen LogP contribution in [0.3, 0.4) is 0 Å². The highest BCUT2D eigenvalue weighted by Gasteiger charge is 2.27. The highest BCUT2D eigenvalue weighted by Crippen LogP contribution is 2.22. The average molecular weight is 472 g/mol. The zero-order chi connectivity index (χ0) is 19.9. The smallest absolute Gasteiger partial charge is 0.324 e. The van der Waals surface area contributed by atoms with Gasteiger partial charge in [0.05, 0.1) is 12.0 Å². The summed E-state index contributed by atoms with van der Waals surface area (Å²) in [6, 6.07) is 13.8. The summed E-state index contributed by atoms with van der Waals surface area (Å²) in [4.78, 5) is 12.3. The molecular formula is C19H22BrNO4S2. The van der Waals surface area contributed by atoms with E-state index in [1.54, 1.807) is 12.1 Å². The molecule has 1 unspecified atom stereocenters. The fourth-order valence-corrected chi connectivity index (χ4v) is 5.49. The van der Waals surface area contributed by atoms with Gasteiger partial charge in [-0.15, -0.1) is 0 Å². The van der Waals surface area contributed by atoms with Crippen molar-refractivity contribution in [1.82, 2.24) is 4.72 Å². The van der Waals surface area contributed by atoms with Gasteiger partial charge in [0.25, 0.3) is 0 Å². The van der Waals surface area contributed by atoms with Crippen LogP contribution in [0.15, 0.2) is 57.9 Å². The van der Waals surface area contributed by atoms with Crippen LogP contribution in [0.1, 0.15) is 18.1 Å². The third-order valence-electron chi connectivity index (χ3n) is 3.87. The lowest BCUT2D eigenvalue weighted by atomic mass is 10.2. The Morgan fingerprint density at radius 1 is 1.22 bits per heavy atom. The molecule has 0 radical (unpaired) electrons. The molecule has 0 fully saturated rings. The molecule has 5 nitrogen and oxygen atoms in total. The molecular weight excluding hydrogens is 450 g/mol. The second-order valence-electron chi connectivity index (χ2n) is 5.80. The van der Waals surface area contributed by atoms with Gasteiger partial charge in [-0.2, -0.15) is 16.5 Å². The largest absolute Gasteiger partial charge is 0.468 e. The van der Waals surface area contributed by atoms with Crippen molar-refractivity contribution in [2.75, 3.05) is 12.9 Å². The Kier molecular flexibility index (Phi) is 8.34. The van der Waals surface area contributed by atoms with E-state index in [4.69, 9.17) is 4.74 Å². The van der Waals surface area contributed by atoms with Crippen molar-refractivity contribution in [3.05, 3.63) is 64.1 Å². The molecule has 1 atom stereocenters. The normalized spacial score (nSPS) is 12.6. The number of sulfonamides is 1. The highest BCUT2D eigenvalue weighted by molar-refractivity contribution is 9.10. The van der Waals surface area contributed by atoms with Gasteiger partial charge in [0.2, 0.25) is 10.0 Å². The topological polar surface area (TPSA) is 72.5 Å². The second kappa shape index (κ2) is 10.3. The van der Waals surface area contributed by atoms with Gasteiger partial charge in [0.15, 0.2) is 0 Å². The maximum atomic E-state index is 12.8. The minimum Gasteiger partial charge on any atom is -0.468 e. The summed E-state index contributed by atoms with van der Waals surface area (Å²) in [5.74, 6) is 0.349. The third kappa shape index (κ3) is 6.34. The molecule has 0 bridgehead atoms. The van der Waals surface area contributed by atoms with E-state index in [1.165, 1.54) is 24.9 Å². The predicted molar refractivity (Wildman–Crippen MR) is 112 cm³/mol. The maximum Gasteiger partial charge on any atom is 0.324 e. The number of ether oxygens (including phenoxy) is 1. The van der Waals surface area contributed by atoms with E-state index in [-0.39, 0.29) is 10.6 Å². The van der Waals surface area contributed by atoms with Crippen LogP contribution in [0.25, 0.3) is 0 Å². The van der Waals surface area contributed by atoms with Gasteiger partial charge >= 0.3 is 5.97 Å². The SMILES string of the molecule is CCc1cc(Br)ccc1S(=O)(=O)NC(CSCc1ccccc1)C(=O)OC. The van der Waals surface area contributed by atoms with Gasteiger partial charge in [-0.05, 0) is 35.7 Å². The van der Waals surface area contributed by atoms with E-state index >= 15 is 0 Å². The fraction of sp³-hybridized carbons (Fsp3) is 0.316.